The van der Waals surface area contributed by atoms with Crippen LogP contribution in [0.1, 0.15) is 18.4 Å². The number of carbonyl (C=O) groups is 2. The Balaban J connectivity index is 1.40. The zero-order valence-corrected chi connectivity index (χ0v) is 13.7. The molecular formula is C19H20N2O4. The van der Waals surface area contributed by atoms with Gasteiger partial charge < -0.3 is 10.1 Å². The number of hydrogen-bond acceptors (Lipinski definition) is 4. The largest absolute Gasteiger partial charge is 0.484 e. The van der Waals surface area contributed by atoms with Gasteiger partial charge in [-0.1, -0.05) is 36.4 Å². The molecule has 130 valence electrons. The summed E-state index contributed by atoms with van der Waals surface area (Å²) in [6.45, 7) is 0.115. The van der Waals surface area contributed by atoms with Crippen molar-refractivity contribution in [2.75, 3.05) is 11.9 Å². The first-order chi connectivity index (χ1) is 12.2. The Morgan fingerprint density at radius 1 is 1.04 bits per heavy atom. The van der Waals surface area contributed by atoms with E-state index in [2.05, 4.69) is 10.8 Å². The van der Waals surface area contributed by atoms with Gasteiger partial charge in [-0.3, -0.25) is 14.4 Å². The highest BCUT2D eigenvalue weighted by atomic mass is 16.7. The molecule has 1 aliphatic carbocycles. The summed E-state index contributed by atoms with van der Waals surface area (Å²) in [5.74, 6) is 0.288. The summed E-state index contributed by atoms with van der Waals surface area (Å²) in [5, 5.41) is 2.84. The molecule has 0 atom stereocenters. The number of nitrogens with one attached hydrogen (secondary N) is 2. The third-order valence-electron chi connectivity index (χ3n) is 3.69. The van der Waals surface area contributed by atoms with Crippen LogP contribution in [0, 0.1) is 5.92 Å². The van der Waals surface area contributed by atoms with Crippen LogP contribution in [0.2, 0.25) is 0 Å². The summed E-state index contributed by atoms with van der Waals surface area (Å²) in [5.41, 5.74) is 3.96. The number of hydrogen-bond donors (Lipinski definition) is 2. The van der Waals surface area contributed by atoms with Gasteiger partial charge in [0.2, 0.25) is 5.91 Å². The molecule has 1 fully saturated rings. The SMILES string of the molecule is O=C(COc1cccc(NC(=O)C2CC2)c1)NOCc1ccccc1. The van der Waals surface area contributed by atoms with Crippen molar-refractivity contribution < 1.29 is 19.2 Å². The highest BCUT2D eigenvalue weighted by molar-refractivity contribution is 5.94. The molecule has 2 N–H and O–H groups in total. The van der Waals surface area contributed by atoms with E-state index >= 15 is 0 Å². The number of anilines is 1. The molecule has 1 saturated carbocycles. The molecule has 6 heteroatoms. The molecule has 3 rings (SSSR count). The van der Waals surface area contributed by atoms with E-state index < -0.39 is 0 Å². The van der Waals surface area contributed by atoms with Crippen molar-refractivity contribution in [3.8, 4) is 5.75 Å². The van der Waals surface area contributed by atoms with E-state index in [4.69, 9.17) is 9.57 Å². The number of amides is 2. The number of benzene rings is 2. The molecule has 25 heavy (non-hydrogen) atoms. The zero-order valence-electron chi connectivity index (χ0n) is 13.7. The zero-order chi connectivity index (χ0) is 17.5. The summed E-state index contributed by atoms with van der Waals surface area (Å²) >= 11 is 0. The molecule has 0 unspecified atom stereocenters. The minimum Gasteiger partial charge on any atom is -0.484 e. The van der Waals surface area contributed by atoms with E-state index in [9.17, 15) is 9.59 Å². The van der Waals surface area contributed by atoms with Crippen molar-refractivity contribution in [2.24, 2.45) is 5.92 Å². The van der Waals surface area contributed by atoms with Gasteiger partial charge in [-0.2, -0.15) is 0 Å². The van der Waals surface area contributed by atoms with Crippen molar-refractivity contribution in [2.45, 2.75) is 19.4 Å². The summed E-state index contributed by atoms with van der Waals surface area (Å²) in [6.07, 6.45) is 1.90. The fourth-order valence-electron chi connectivity index (χ4n) is 2.21. The molecule has 0 aliphatic heterocycles. The third kappa shape index (κ3) is 5.61. The van der Waals surface area contributed by atoms with Gasteiger partial charge in [-0.05, 0) is 30.5 Å². The quantitative estimate of drug-likeness (QED) is 0.724. The van der Waals surface area contributed by atoms with Gasteiger partial charge in [-0.15, -0.1) is 0 Å². The van der Waals surface area contributed by atoms with Crippen LogP contribution < -0.4 is 15.5 Å². The fraction of sp³-hybridized carbons (Fsp3) is 0.263. The van der Waals surface area contributed by atoms with Crippen LogP contribution in [0.3, 0.4) is 0 Å². The van der Waals surface area contributed by atoms with Gasteiger partial charge in [0.1, 0.15) is 5.75 Å². The highest BCUT2D eigenvalue weighted by Gasteiger charge is 2.29. The Bertz CT molecular complexity index is 729. The number of hydroxylamine groups is 1. The van der Waals surface area contributed by atoms with E-state index in [0.717, 1.165) is 18.4 Å². The minimum absolute atomic E-state index is 0.0317. The van der Waals surface area contributed by atoms with Gasteiger partial charge in [0.05, 0.1) is 6.61 Å². The van der Waals surface area contributed by atoms with Crippen molar-refractivity contribution in [3.05, 3.63) is 60.2 Å². The van der Waals surface area contributed by atoms with Crippen LogP contribution in [0.4, 0.5) is 5.69 Å². The van der Waals surface area contributed by atoms with Crippen LogP contribution in [0.25, 0.3) is 0 Å². The Labute approximate surface area is 146 Å². The monoisotopic (exact) mass is 340 g/mol. The van der Waals surface area contributed by atoms with Crippen molar-refractivity contribution in [1.29, 1.82) is 0 Å². The first-order valence-corrected chi connectivity index (χ1v) is 8.19. The molecule has 0 bridgehead atoms. The molecular weight excluding hydrogens is 320 g/mol. The molecule has 0 radical (unpaired) electrons. The lowest BCUT2D eigenvalue weighted by Crippen LogP contribution is -2.28. The average Bonchev–Trinajstić information content (AvgIpc) is 3.46. The molecule has 2 amide bonds. The van der Waals surface area contributed by atoms with E-state index in [1.807, 2.05) is 30.3 Å². The van der Waals surface area contributed by atoms with E-state index in [1.165, 1.54) is 0 Å². The van der Waals surface area contributed by atoms with Crippen molar-refractivity contribution in [1.82, 2.24) is 5.48 Å². The maximum Gasteiger partial charge on any atom is 0.281 e. The Morgan fingerprint density at radius 3 is 2.60 bits per heavy atom. The van der Waals surface area contributed by atoms with Crippen LogP contribution in [0.15, 0.2) is 54.6 Å². The number of carbonyl (C=O) groups excluding carboxylic acids is 2. The van der Waals surface area contributed by atoms with Gasteiger partial charge in [0, 0.05) is 17.7 Å². The standard InChI is InChI=1S/C19H20N2O4/c22-18(21-25-12-14-5-2-1-3-6-14)13-24-17-8-4-7-16(11-17)20-19(23)15-9-10-15/h1-8,11,15H,9-10,12-13H2,(H,20,23)(H,21,22). The second-order valence-electron chi connectivity index (χ2n) is 5.88. The first-order valence-electron chi connectivity index (χ1n) is 8.19. The lowest BCUT2D eigenvalue weighted by molar-refractivity contribution is -0.136. The number of rotatable bonds is 8. The van der Waals surface area contributed by atoms with Crippen molar-refractivity contribution in [3.63, 3.8) is 0 Å². The number of ether oxygens (including phenoxy) is 1. The molecule has 0 saturated heterocycles. The van der Waals surface area contributed by atoms with Crippen LogP contribution in [-0.4, -0.2) is 18.4 Å². The van der Waals surface area contributed by atoms with E-state index in [0.29, 0.717) is 11.4 Å². The van der Waals surface area contributed by atoms with Gasteiger partial charge in [0.25, 0.3) is 5.91 Å². The van der Waals surface area contributed by atoms with E-state index in [-0.39, 0.29) is 30.9 Å². The smallest absolute Gasteiger partial charge is 0.281 e. The van der Waals surface area contributed by atoms with Gasteiger partial charge in [0.15, 0.2) is 6.61 Å². The minimum atomic E-state index is -0.386. The second kappa shape index (κ2) is 8.30. The van der Waals surface area contributed by atoms with Crippen LogP contribution in [0.5, 0.6) is 5.75 Å². The Hall–Kier alpha value is -2.86. The van der Waals surface area contributed by atoms with Gasteiger partial charge >= 0.3 is 0 Å². The predicted octanol–water partition coefficient (Wildman–Crippen LogP) is 2.66. The normalized spacial score (nSPS) is 13.1. The maximum atomic E-state index is 11.8. The summed E-state index contributed by atoms with van der Waals surface area (Å²) in [4.78, 5) is 28.6. The summed E-state index contributed by atoms with van der Waals surface area (Å²) in [7, 11) is 0. The average molecular weight is 340 g/mol. The first kappa shape index (κ1) is 17.0. The molecule has 2 aromatic carbocycles. The fourth-order valence-corrected chi connectivity index (χ4v) is 2.21. The molecule has 0 heterocycles. The second-order valence-corrected chi connectivity index (χ2v) is 5.88. The van der Waals surface area contributed by atoms with Gasteiger partial charge in [-0.25, -0.2) is 5.48 Å². The third-order valence-corrected chi connectivity index (χ3v) is 3.69. The molecule has 0 aromatic heterocycles. The molecule has 2 aromatic rings. The van der Waals surface area contributed by atoms with Crippen LogP contribution in [-0.2, 0) is 21.0 Å². The summed E-state index contributed by atoms with van der Waals surface area (Å²) in [6, 6.07) is 16.5. The molecule has 6 nitrogen and oxygen atoms in total. The highest BCUT2D eigenvalue weighted by Crippen LogP contribution is 2.30. The predicted molar refractivity (Wildman–Crippen MR) is 92.7 cm³/mol. The topological polar surface area (TPSA) is 76.7 Å². The molecule has 0 spiro atoms. The Kier molecular flexibility index (Phi) is 5.64. The van der Waals surface area contributed by atoms with Crippen LogP contribution >= 0.6 is 0 Å². The Morgan fingerprint density at radius 2 is 1.84 bits per heavy atom. The molecule has 1 aliphatic rings. The van der Waals surface area contributed by atoms with E-state index in [1.54, 1.807) is 24.3 Å². The lowest BCUT2D eigenvalue weighted by Gasteiger charge is -2.09. The maximum absolute atomic E-state index is 11.8. The van der Waals surface area contributed by atoms with Crippen molar-refractivity contribution >= 4 is 17.5 Å². The summed E-state index contributed by atoms with van der Waals surface area (Å²) < 4.78 is 5.43. The lowest BCUT2D eigenvalue weighted by atomic mass is 10.2.